The molecule has 2 saturated heterocycles. The second kappa shape index (κ2) is 10.8. The monoisotopic (exact) mass is 496 g/mol. The van der Waals surface area contributed by atoms with Crippen molar-refractivity contribution < 1.29 is 13.9 Å². The fourth-order valence-electron chi connectivity index (χ4n) is 4.41. The molecule has 1 aromatic carbocycles. The van der Waals surface area contributed by atoms with Crippen LogP contribution in [0.4, 0.5) is 27.4 Å². The van der Waals surface area contributed by atoms with Crippen molar-refractivity contribution >= 4 is 35.0 Å². The number of halogens is 1. The van der Waals surface area contributed by atoms with E-state index in [2.05, 4.69) is 20.1 Å². The van der Waals surface area contributed by atoms with Crippen LogP contribution in [0.2, 0.25) is 0 Å². The van der Waals surface area contributed by atoms with E-state index >= 15 is 4.39 Å². The summed E-state index contributed by atoms with van der Waals surface area (Å²) in [5.74, 6) is 1.25. The SMILES string of the molecule is Cc1nc2c(/N=C/N(C)C)cc(N3CCOCC3)nn2c1Nc1cccc(F)c1CN1CCOCC1. The van der Waals surface area contributed by atoms with Crippen molar-refractivity contribution in [2.75, 3.05) is 76.9 Å². The van der Waals surface area contributed by atoms with E-state index in [1.165, 1.54) is 6.07 Å². The molecule has 0 amide bonds. The summed E-state index contributed by atoms with van der Waals surface area (Å²) in [7, 11) is 3.85. The molecule has 2 aliphatic rings. The Labute approximate surface area is 210 Å². The highest BCUT2D eigenvalue weighted by Crippen LogP contribution is 2.32. The number of nitrogens with one attached hydrogen (secondary N) is 1. The molecule has 1 N–H and O–H groups in total. The van der Waals surface area contributed by atoms with E-state index in [4.69, 9.17) is 19.6 Å². The molecular formula is C25H33FN8O2. The number of aryl methyl sites for hydroxylation is 1. The topological polar surface area (TPSA) is 82.8 Å². The minimum Gasteiger partial charge on any atom is -0.379 e. The first kappa shape index (κ1) is 24.4. The first-order valence-corrected chi connectivity index (χ1v) is 12.3. The van der Waals surface area contributed by atoms with Gasteiger partial charge in [-0.1, -0.05) is 6.07 Å². The molecule has 0 unspecified atom stereocenters. The molecule has 0 aliphatic carbocycles. The van der Waals surface area contributed by atoms with E-state index < -0.39 is 0 Å². The van der Waals surface area contributed by atoms with Gasteiger partial charge in [-0.25, -0.2) is 14.4 Å². The Morgan fingerprint density at radius 1 is 1.11 bits per heavy atom. The van der Waals surface area contributed by atoms with Crippen LogP contribution < -0.4 is 10.2 Å². The minimum absolute atomic E-state index is 0.240. The molecule has 3 aromatic rings. The normalized spacial score (nSPS) is 17.3. The van der Waals surface area contributed by atoms with Gasteiger partial charge in [0.25, 0.3) is 0 Å². The van der Waals surface area contributed by atoms with Gasteiger partial charge in [-0.3, -0.25) is 4.90 Å². The van der Waals surface area contributed by atoms with Gasteiger partial charge in [-0.15, -0.1) is 5.10 Å². The zero-order valence-corrected chi connectivity index (χ0v) is 21.1. The molecule has 5 rings (SSSR count). The van der Waals surface area contributed by atoms with E-state index in [1.54, 1.807) is 16.9 Å². The second-order valence-corrected chi connectivity index (χ2v) is 9.26. The summed E-state index contributed by atoms with van der Waals surface area (Å²) in [6, 6.07) is 7.08. The molecule has 0 atom stereocenters. The van der Waals surface area contributed by atoms with Crippen molar-refractivity contribution in [2.24, 2.45) is 4.99 Å². The number of morpholine rings is 2. The summed E-state index contributed by atoms with van der Waals surface area (Å²) in [6.07, 6.45) is 1.75. The number of hydrogen-bond donors (Lipinski definition) is 1. The third kappa shape index (κ3) is 5.28. The van der Waals surface area contributed by atoms with Crippen molar-refractivity contribution in [3.63, 3.8) is 0 Å². The zero-order chi connectivity index (χ0) is 25.1. The molecule has 10 nitrogen and oxygen atoms in total. The quantitative estimate of drug-likeness (QED) is 0.395. The number of aromatic nitrogens is 3. The first-order valence-electron chi connectivity index (χ1n) is 12.3. The van der Waals surface area contributed by atoms with Crippen LogP contribution in [0.1, 0.15) is 11.3 Å². The standard InChI is InChI=1S/C25H33FN8O2/c1-18-24(29-21-6-4-5-20(26)19(21)16-32-7-11-35-12-8-32)34-25(28-18)22(27-17-31(2)3)15-23(30-34)33-9-13-36-14-10-33/h4-6,15,17,29H,7-14,16H2,1-3H3/b27-17+. The molecule has 2 aliphatic heterocycles. The number of aliphatic imine (C=N–C) groups is 1. The Morgan fingerprint density at radius 3 is 2.56 bits per heavy atom. The maximum atomic E-state index is 15.0. The molecule has 0 spiro atoms. The van der Waals surface area contributed by atoms with Gasteiger partial charge >= 0.3 is 0 Å². The molecule has 11 heteroatoms. The predicted molar refractivity (Wildman–Crippen MR) is 138 cm³/mol. The molecular weight excluding hydrogens is 463 g/mol. The van der Waals surface area contributed by atoms with E-state index in [0.717, 1.165) is 37.7 Å². The van der Waals surface area contributed by atoms with Crippen molar-refractivity contribution in [1.82, 2.24) is 24.4 Å². The van der Waals surface area contributed by atoms with Crippen molar-refractivity contribution in [3.8, 4) is 0 Å². The fourth-order valence-corrected chi connectivity index (χ4v) is 4.41. The highest BCUT2D eigenvalue weighted by Gasteiger charge is 2.21. The molecule has 0 bridgehead atoms. The number of benzene rings is 1. The van der Waals surface area contributed by atoms with Crippen LogP contribution in [0, 0.1) is 12.7 Å². The van der Waals surface area contributed by atoms with Crippen molar-refractivity contribution in [2.45, 2.75) is 13.5 Å². The summed E-state index contributed by atoms with van der Waals surface area (Å²) in [5, 5.41) is 8.38. The largest absolute Gasteiger partial charge is 0.379 e. The summed E-state index contributed by atoms with van der Waals surface area (Å²) < 4.78 is 27.8. The average Bonchev–Trinajstić information content (AvgIpc) is 3.20. The van der Waals surface area contributed by atoms with Crippen molar-refractivity contribution in [1.29, 1.82) is 0 Å². The maximum Gasteiger partial charge on any atom is 0.182 e. The van der Waals surface area contributed by atoms with Gasteiger partial charge < -0.3 is 24.6 Å². The Bertz CT molecular complexity index is 1230. The second-order valence-electron chi connectivity index (χ2n) is 9.26. The summed E-state index contributed by atoms with van der Waals surface area (Å²) in [5.41, 5.74) is 3.41. The highest BCUT2D eigenvalue weighted by atomic mass is 19.1. The van der Waals surface area contributed by atoms with Gasteiger partial charge in [0.05, 0.1) is 38.5 Å². The molecule has 4 heterocycles. The van der Waals surface area contributed by atoms with E-state index in [-0.39, 0.29) is 5.82 Å². The van der Waals surface area contributed by atoms with Crippen LogP contribution >= 0.6 is 0 Å². The Balaban J connectivity index is 1.55. The van der Waals surface area contributed by atoms with Crippen LogP contribution in [0.5, 0.6) is 0 Å². The number of nitrogens with zero attached hydrogens (tertiary/aromatic N) is 7. The summed E-state index contributed by atoms with van der Waals surface area (Å²) in [4.78, 5) is 15.7. The molecule has 192 valence electrons. The smallest absolute Gasteiger partial charge is 0.182 e. The number of fused-ring (bicyclic) bond motifs is 1. The lowest BCUT2D eigenvalue weighted by Gasteiger charge is -2.28. The van der Waals surface area contributed by atoms with Crippen molar-refractivity contribution in [3.05, 3.63) is 41.3 Å². The van der Waals surface area contributed by atoms with Gasteiger partial charge in [-0.05, 0) is 19.1 Å². The first-order chi connectivity index (χ1) is 17.5. The molecule has 2 fully saturated rings. The minimum atomic E-state index is -0.240. The molecule has 0 saturated carbocycles. The molecule has 2 aromatic heterocycles. The van der Waals surface area contributed by atoms with Crippen LogP contribution in [-0.2, 0) is 16.0 Å². The lowest BCUT2D eigenvalue weighted by atomic mass is 10.1. The number of hydrogen-bond acceptors (Lipinski definition) is 8. The molecule has 36 heavy (non-hydrogen) atoms. The van der Waals surface area contributed by atoms with Crippen LogP contribution in [0.25, 0.3) is 5.65 Å². The lowest BCUT2D eigenvalue weighted by Crippen LogP contribution is -2.37. The number of ether oxygens (including phenoxy) is 2. The zero-order valence-electron chi connectivity index (χ0n) is 21.1. The van der Waals surface area contributed by atoms with Gasteiger partial charge in [-0.2, -0.15) is 4.52 Å². The lowest BCUT2D eigenvalue weighted by molar-refractivity contribution is 0.0338. The average molecular weight is 497 g/mol. The Hall–Kier alpha value is -3.28. The van der Waals surface area contributed by atoms with E-state index in [0.29, 0.717) is 61.4 Å². The summed E-state index contributed by atoms with van der Waals surface area (Å²) in [6.45, 7) is 8.10. The van der Waals surface area contributed by atoms with Gasteiger partial charge in [0.2, 0.25) is 0 Å². The Kier molecular flexibility index (Phi) is 7.30. The third-order valence-electron chi connectivity index (χ3n) is 6.35. The van der Waals surface area contributed by atoms with Gasteiger partial charge in [0.15, 0.2) is 17.3 Å². The maximum absolute atomic E-state index is 15.0. The van der Waals surface area contributed by atoms with E-state index in [1.807, 2.05) is 38.1 Å². The van der Waals surface area contributed by atoms with Gasteiger partial charge in [0.1, 0.15) is 11.5 Å². The fraction of sp³-hybridized carbons (Fsp3) is 0.480. The Morgan fingerprint density at radius 2 is 1.83 bits per heavy atom. The highest BCUT2D eigenvalue weighted by molar-refractivity contribution is 5.77. The predicted octanol–water partition coefficient (Wildman–Crippen LogP) is 2.81. The van der Waals surface area contributed by atoms with E-state index in [9.17, 15) is 0 Å². The summed E-state index contributed by atoms with van der Waals surface area (Å²) >= 11 is 0. The third-order valence-corrected chi connectivity index (χ3v) is 6.35. The number of imidazole rings is 1. The van der Waals surface area contributed by atoms with Crippen LogP contribution in [0.15, 0.2) is 29.3 Å². The van der Waals surface area contributed by atoms with Crippen LogP contribution in [-0.4, -0.2) is 97.4 Å². The van der Waals surface area contributed by atoms with Gasteiger partial charge in [0, 0.05) is 64.1 Å². The van der Waals surface area contributed by atoms with Crippen LogP contribution in [0.3, 0.4) is 0 Å². The number of rotatable bonds is 7. The molecule has 0 radical (unpaired) electrons. The number of anilines is 3.